The van der Waals surface area contributed by atoms with Gasteiger partial charge in [-0.3, -0.25) is 9.48 Å². The molecule has 9 heteroatoms. The van der Waals surface area contributed by atoms with E-state index in [-0.39, 0.29) is 12.0 Å². The molecule has 4 rings (SSSR count). The quantitative estimate of drug-likeness (QED) is 0.655. The number of imidazole rings is 1. The third kappa shape index (κ3) is 3.42. The standard InChI is InChI=1S/C21H29N7O2/c1-7-28-13(2)15(10-24-28)17-25-16-18(26(17)6)22-12-23-19(16)30-14-8-9-27(11-14)20(29)21(3,4)5/h10,12,14H,7-9,11H2,1-6H3. The molecule has 1 fully saturated rings. The second-order valence-corrected chi connectivity index (χ2v) is 8.83. The average molecular weight is 412 g/mol. The molecule has 4 heterocycles. The fraction of sp³-hybridized carbons (Fsp3) is 0.571. The van der Waals surface area contributed by atoms with Gasteiger partial charge in [0, 0.05) is 37.7 Å². The number of nitrogens with zero attached hydrogens (tertiary/aromatic N) is 7. The molecule has 0 bridgehead atoms. The molecule has 1 unspecified atom stereocenters. The van der Waals surface area contributed by atoms with Gasteiger partial charge in [-0.05, 0) is 13.8 Å². The number of ether oxygens (including phenoxy) is 1. The molecule has 3 aromatic rings. The lowest BCUT2D eigenvalue weighted by Crippen LogP contribution is -2.38. The highest BCUT2D eigenvalue weighted by Crippen LogP contribution is 2.30. The summed E-state index contributed by atoms with van der Waals surface area (Å²) >= 11 is 0. The molecular weight excluding hydrogens is 382 g/mol. The number of amides is 1. The van der Waals surface area contributed by atoms with Crippen molar-refractivity contribution in [1.29, 1.82) is 0 Å². The first-order valence-corrected chi connectivity index (χ1v) is 10.4. The summed E-state index contributed by atoms with van der Waals surface area (Å²) in [7, 11) is 1.93. The first kappa shape index (κ1) is 20.3. The third-order valence-corrected chi connectivity index (χ3v) is 5.62. The molecule has 1 saturated heterocycles. The van der Waals surface area contributed by atoms with E-state index in [4.69, 9.17) is 9.72 Å². The van der Waals surface area contributed by atoms with Gasteiger partial charge in [0.05, 0.1) is 18.3 Å². The maximum absolute atomic E-state index is 12.6. The van der Waals surface area contributed by atoms with Gasteiger partial charge in [0.25, 0.3) is 0 Å². The van der Waals surface area contributed by atoms with E-state index >= 15 is 0 Å². The van der Waals surface area contributed by atoms with E-state index in [0.717, 1.165) is 30.0 Å². The van der Waals surface area contributed by atoms with E-state index in [1.165, 1.54) is 6.33 Å². The zero-order valence-corrected chi connectivity index (χ0v) is 18.5. The van der Waals surface area contributed by atoms with Gasteiger partial charge >= 0.3 is 0 Å². The van der Waals surface area contributed by atoms with Crippen LogP contribution < -0.4 is 4.74 Å². The zero-order chi connectivity index (χ0) is 21.6. The Morgan fingerprint density at radius 3 is 2.73 bits per heavy atom. The molecule has 0 N–H and O–H groups in total. The van der Waals surface area contributed by atoms with E-state index in [2.05, 4.69) is 22.0 Å². The Hall–Kier alpha value is -2.97. The minimum absolute atomic E-state index is 0.107. The molecule has 3 aromatic heterocycles. The summed E-state index contributed by atoms with van der Waals surface area (Å²) in [6.07, 6.45) is 4.00. The average Bonchev–Trinajstić information content (AvgIpc) is 3.39. The van der Waals surface area contributed by atoms with Gasteiger partial charge in [-0.15, -0.1) is 0 Å². The maximum Gasteiger partial charge on any atom is 0.245 e. The van der Waals surface area contributed by atoms with Crippen LogP contribution in [0.25, 0.3) is 22.6 Å². The van der Waals surface area contributed by atoms with Crippen LogP contribution in [0.15, 0.2) is 12.5 Å². The highest BCUT2D eigenvalue weighted by atomic mass is 16.5. The molecule has 0 aliphatic carbocycles. The Labute approximate surface area is 176 Å². The van der Waals surface area contributed by atoms with Crippen molar-refractivity contribution in [2.45, 2.75) is 53.7 Å². The number of fused-ring (bicyclic) bond motifs is 1. The van der Waals surface area contributed by atoms with Gasteiger partial charge in [-0.1, -0.05) is 20.8 Å². The van der Waals surface area contributed by atoms with Gasteiger partial charge in [-0.2, -0.15) is 10.1 Å². The van der Waals surface area contributed by atoms with Gasteiger partial charge in [-0.25, -0.2) is 9.97 Å². The van der Waals surface area contributed by atoms with Crippen LogP contribution in [0.4, 0.5) is 0 Å². The molecule has 0 spiro atoms. The van der Waals surface area contributed by atoms with Crippen molar-refractivity contribution >= 4 is 17.1 Å². The van der Waals surface area contributed by atoms with Gasteiger partial charge in [0.15, 0.2) is 11.2 Å². The number of rotatable bonds is 4. The molecule has 1 amide bonds. The van der Waals surface area contributed by atoms with Crippen LogP contribution in [-0.2, 0) is 18.4 Å². The summed E-state index contributed by atoms with van der Waals surface area (Å²) < 4.78 is 10.1. The van der Waals surface area contributed by atoms with Crippen LogP contribution in [0.1, 0.15) is 39.8 Å². The highest BCUT2D eigenvalue weighted by Gasteiger charge is 2.34. The second-order valence-electron chi connectivity index (χ2n) is 8.83. The molecule has 0 saturated carbocycles. The summed E-state index contributed by atoms with van der Waals surface area (Å²) in [6.45, 7) is 12.0. The number of aromatic nitrogens is 6. The molecule has 0 radical (unpaired) electrons. The number of carbonyl (C=O) groups excluding carboxylic acids is 1. The lowest BCUT2D eigenvalue weighted by Gasteiger charge is -2.25. The topological polar surface area (TPSA) is 91.0 Å². The summed E-state index contributed by atoms with van der Waals surface area (Å²) in [5.74, 6) is 1.38. The van der Waals surface area contributed by atoms with E-state index in [9.17, 15) is 4.79 Å². The van der Waals surface area contributed by atoms with Crippen LogP contribution in [-0.4, -0.2) is 59.3 Å². The molecule has 0 aromatic carbocycles. The van der Waals surface area contributed by atoms with Crippen molar-refractivity contribution < 1.29 is 9.53 Å². The molecule has 9 nitrogen and oxygen atoms in total. The van der Waals surface area contributed by atoms with Gasteiger partial charge in [0.2, 0.25) is 11.8 Å². The first-order valence-electron chi connectivity index (χ1n) is 10.4. The first-order chi connectivity index (χ1) is 14.2. The van der Waals surface area contributed by atoms with Crippen molar-refractivity contribution in [2.75, 3.05) is 13.1 Å². The molecule has 1 aliphatic heterocycles. The van der Waals surface area contributed by atoms with Crippen molar-refractivity contribution in [3.63, 3.8) is 0 Å². The zero-order valence-electron chi connectivity index (χ0n) is 18.5. The monoisotopic (exact) mass is 411 g/mol. The fourth-order valence-electron chi connectivity index (χ4n) is 3.93. The highest BCUT2D eigenvalue weighted by molar-refractivity contribution is 5.82. The lowest BCUT2D eigenvalue weighted by atomic mass is 9.95. The van der Waals surface area contributed by atoms with Crippen LogP contribution >= 0.6 is 0 Å². The van der Waals surface area contributed by atoms with Gasteiger partial charge < -0.3 is 14.2 Å². The molecule has 160 valence electrons. The SMILES string of the molecule is CCn1ncc(-c2nc3c(OC4CCN(C(=O)C(C)(C)C)C4)ncnc3n2C)c1C. The third-order valence-electron chi connectivity index (χ3n) is 5.62. The largest absolute Gasteiger partial charge is 0.471 e. The predicted molar refractivity (Wildman–Crippen MR) is 113 cm³/mol. The normalized spacial score (nSPS) is 17.1. The van der Waals surface area contributed by atoms with E-state index in [0.29, 0.717) is 30.1 Å². The smallest absolute Gasteiger partial charge is 0.245 e. The summed E-state index contributed by atoms with van der Waals surface area (Å²) in [6, 6.07) is 0. The minimum atomic E-state index is -0.395. The number of likely N-dealkylation sites (tertiary alicyclic amines) is 1. The van der Waals surface area contributed by atoms with Gasteiger partial charge in [0.1, 0.15) is 18.3 Å². The fourth-order valence-corrected chi connectivity index (χ4v) is 3.93. The van der Waals surface area contributed by atoms with Crippen molar-refractivity contribution in [3.8, 4) is 17.3 Å². The van der Waals surface area contributed by atoms with E-state index in [1.807, 2.05) is 55.1 Å². The summed E-state index contributed by atoms with van der Waals surface area (Å²) in [4.78, 5) is 28.0. The maximum atomic E-state index is 12.6. The molecular formula is C21H29N7O2. The molecule has 1 aliphatic rings. The Balaban J connectivity index is 1.62. The van der Waals surface area contributed by atoms with E-state index in [1.54, 1.807) is 0 Å². The van der Waals surface area contributed by atoms with Crippen molar-refractivity contribution in [3.05, 3.63) is 18.2 Å². The summed E-state index contributed by atoms with van der Waals surface area (Å²) in [5, 5.41) is 4.43. The number of hydrogen-bond donors (Lipinski definition) is 0. The summed E-state index contributed by atoms with van der Waals surface area (Å²) in [5.41, 5.74) is 2.95. The number of aryl methyl sites for hydroxylation is 2. The Kier molecular flexibility index (Phi) is 4.99. The second kappa shape index (κ2) is 7.37. The molecule has 1 atom stereocenters. The minimum Gasteiger partial charge on any atom is -0.471 e. The van der Waals surface area contributed by atoms with Crippen LogP contribution in [0.3, 0.4) is 0 Å². The predicted octanol–water partition coefficient (Wildman–Crippen LogP) is 2.58. The van der Waals surface area contributed by atoms with Crippen molar-refractivity contribution in [1.82, 2.24) is 34.2 Å². The van der Waals surface area contributed by atoms with Crippen molar-refractivity contribution in [2.24, 2.45) is 12.5 Å². The Bertz CT molecular complexity index is 1090. The van der Waals surface area contributed by atoms with Crippen LogP contribution in [0, 0.1) is 12.3 Å². The Morgan fingerprint density at radius 1 is 1.30 bits per heavy atom. The number of carbonyl (C=O) groups is 1. The van der Waals surface area contributed by atoms with E-state index < -0.39 is 5.41 Å². The number of hydrogen-bond acceptors (Lipinski definition) is 6. The van der Waals surface area contributed by atoms with Crippen LogP contribution in [0.2, 0.25) is 0 Å². The molecule has 30 heavy (non-hydrogen) atoms. The lowest BCUT2D eigenvalue weighted by molar-refractivity contribution is -0.138. The Morgan fingerprint density at radius 2 is 2.07 bits per heavy atom. The van der Waals surface area contributed by atoms with Crippen LogP contribution in [0.5, 0.6) is 5.88 Å².